The number of rotatable bonds is 2. The minimum absolute atomic E-state index is 0.0528. The molecule has 0 unspecified atom stereocenters. The Morgan fingerprint density at radius 3 is 2.45 bits per heavy atom. The molecule has 1 N–H and O–H groups in total. The summed E-state index contributed by atoms with van der Waals surface area (Å²) < 4.78 is 40.2. The van der Waals surface area contributed by atoms with Gasteiger partial charge < -0.3 is 5.11 Å². The number of aromatic carboxylic acids is 1. The predicted molar refractivity (Wildman–Crippen MR) is 65.3 cm³/mol. The monoisotopic (exact) mass is 284 g/mol. The Hall–Kier alpha value is -2.31. The van der Waals surface area contributed by atoms with Gasteiger partial charge in [0, 0.05) is 12.6 Å². The molecule has 1 heterocycles. The van der Waals surface area contributed by atoms with Gasteiger partial charge in [-0.2, -0.15) is 18.3 Å². The van der Waals surface area contributed by atoms with Crippen LogP contribution in [0.15, 0.2) is 24.3 Å². The third kappa shape index (κ3) is 2.26. The molecule has 1 aromatic heterocycles. The Bertz CT molecular complexity index is 675. The van der Waals surface area contributed by atoms with Gasteiger partial charge >= 0.3 is 12.1 Å². The third-order valence-corrected chi connectivity index (χ3v) is 2.92. The maximum atomic E-state index is 13.0. The highest BCUT2D eigenvalue weighted by Gasteiger charge is 2.35. The molecule has 2 aromatic rings. The number of hydrogen-bond donors (Lipinski definition) is 1. The van der Waals surface area contributed by atoms with Crippen LogP contribution in [0.2, 0.25) is 0 Å². The minimum Gasteiger partial charge on any atom is -0.478 e. The summed E-state index contributed by atoms with van der Waals surface area (Å²) in [5, 5.41) is 13.1. The molecule has 0 saturated carbocycles. The molecule has 0 aliphatic heterocycles. The van der Waals surface area contributed by atoms with E-state index in [1.807, 2.05) is 0 Å². The molecule has 1 aromatic carbocycles. The maximum Gasteiger partial charge on any atom is 0.417 e. The van der Waals surface area contributed by atoms with E-state index < -0.39 is 17.7 Å². The van der Waals surface area contributed by atoms with Crippen LogP contribution in [0.1, 0.15) is 21.6 Å². The molecule has 0 aliphatic rings. The van der Waals surface area contributed by atoms with Crippen LogP contribution in [-0.4, -0.2) is 20.9 Å². The van der Waals surface area contributed by atoms with E-state index in [4.69, 9.17) is 0 Å². The van der Waals surface area contributed by atoms with Gasteiger partial charge in [-0.05, 0) is 13.0 Å². The van der Waals surface area contributed by atoms with Gasteiger partial charge in [0.2, 0.25) is 0 Å². The zero-order valence-electron chi connectivity index (χ0n) is 10.7. The van der Waals surface area contributed by atoms with Crippen molar-refractivity contribution in [2.75, 3.05) is 0 Å². The first-order valence-electron chi connectivity index (χ1n) is 5.67. The van der Waals surface area contributed by atoms with Crippen LogP contribution in [-0.2, 0) is 13.2 Å². The number of halogens is 3. The summed E-state index contributed by atoms with van der Waals surface area (Å²) >= 11 is 0. The number of aryl methyl sites for hydroxylation is 2. The lowest BCUT2D eigenvalue weighted by Crippen LogP contribution is -2.10. The smallest absolute Gasteiger partial charge is 0.417 e. The number of carboxylic acids is 1. The molecule has 0 radical (unpaired) electrons. The van der Waals surface area contributed by atoms with Gasteiger partial charge in [-0.25, -0.2) is 4.79 Å². The van der Waals surface area contributed by atoms with Crippen molar-refractivity contribution in [3.63, 3.8) is 0 Å². The lowest BCUT2D eigenvalue weighted by Gasteiger charge is -2.13. The van der Waals surface area contributed by atoms with E-state index in [1.165, 1.54) is 32.2 Å². The fourth-order valence-electron chi connectivity index (χ4n) is 2.16. The summed E-state index contributed by atoms with van der Waals surface area (Å²) in [5.41, 5.74) is -1.18. The SMILES string of the molecule is Cc1nn(C)c(-c2ccccc2C(F)(F)F)c1C(=O)O. The number of carboxylic acid groups (broad SMARTS) is 1. The average Bonchev–Trinajstić information content (AvgIpc) is 2.63. The fraction of sp³-hybridized carbons (Fsp3) is 0.231. The van der Waals surface area contributed by atoms with Crippen LogP contribution in [0.5, 0.6) is 0 Å². The Morgan fingerprint density at radius 2 is 1.90 bits per heavy atom. The lowest BCUT2D eigenvalue weighted by atomic mass is 10.00. The van der Waals surface area contributed by atoms with Crippen molar-refractivity contribution in [1.82, 2.24) is 9.78 Å². The fourth-order valence-corrected chi connectivity index (χ4v) is 2.16. The Balaban J connectivity index is 2.80. The van der Waals surface area contributed by atoms with Gasteiger partial charge in [-0.15, -0.1) is 0 Å². The van der Waals surface area contributed by atoms with E-state index in [-0.39, 0.29) is 22.5 Å². The van der Waals surface area contributed by atoms with Crippen LogP contribution in [0.25, 0.3) is 11.3 Å². The Kier molecular flexibility index (Phi) is 3.29. The zero-order valence-corrected chi connectivity index (χ0v) is 10.7. The quantitative estimate of drug-likeness (QED) is 0.921. The van der Waals surface area contributed by atoms with Gasteiger partial charge in [0.05, 0.1) is 17.0 Å². The Labute approximate surface area is 112 Å². The molecule has 2 rings (SSSR count). The molecular formula is C13H11F3N2O2. The standard InChI is InChI=1S/C13H11F3N2O2/c1-7-10(12(19)20)11(18(2)17-7)8-5-3-4-6-9(8)13(14,15)16/h3-6H,1-2H3,(H,19,20). The molecule has 0 atom stereocenters. The number of nitrogens with zero attached hydrogens (tertiary/aromatic N) is 2. The first kappa shape index (κ1) is 14.1. The number of benzene rings is 1. The van der Waals surface area contributed by atoms with Crippen LogP contribution in [0.4, 0.5) is 13.2 Å². The average molecular weight is 284 g/mol. The predicted octanol–water partition coefficient (Wildman–Crippen LogP) is 3.11. The van der Waals surface area contributed by atoms with Crippen molar-refractivity contribution in [1.29, 1.82) is 0 Å². The molecule has 0 spiro atoms. The lowest BCUT2D eigenvalue weighted by molar-refractivity contribution is -0.137. The normalized spacial score (nSPS) is 11.7. The first-order valence-corrected chi connectivity index (χ1v) is 5.67. The van der Waals surface area contributed by atoms with Gasteiger partial charge in [-0.1, -0.05) is 18.2 Å². The highest BCUT2D eigenvalue weighted by atomic mass is 19.4. The van der Waals surface area contributed by atoms with E-state index in [2.05, 4.69) is 5.10 Å². The molecule has 0 fully saturated rings. The van der Waals surface area contributed by atoms with Gasteiger partial charge in [0.15, 0.2) is 0 Å². The molecule has 0 amide bonds. The van der Waals surface area contributed by atoms with Crippen molar-refractivity contribution in [2.24, 2.45) is 7.05 Å². The van der Waals surface area contributed by atoms with Crippen molar-refractivity contribution in [3.05, 3.63) is 41.1 Å². The molecule has 7 heteroatoms. The molecule has 0 saturated heterocycles. The van der Waals surface area contributed by atoms with Crippen LogP contribution >= 0.6 is 0 Å². The van der Waals surface area contributed by atoms with Crippen LogP contribution in [0.3, 0.4) is 0 Å². The highest BCUT2D eigenvalue weighted by molar-refractivity contribution is 5.96. The zero-order chi connectivity index (χ0) is 15.1. The topological polar surface area (TPSA) is 55.1 Å². The first-order chi connectivity index (χ1) is 9.23. The number of alkyl halides is 3. The number of hydrogen-bond acceptors (Lipinski definition) is 2. The summed E-state index contributed by atoms with van der Waals surface area (Å²) in [6, 6.07) is 4.85. The van der Waals surface area contributed by atoms with Gasteiger partial charge in [0.1, 0.15) is 5.56 Å². The van der Waals surface area contributed by atoms with E-state index in [9.17, 15) is 23.1 Å². The minimum atomic E-state index is -4.56. The summed E-state index contributed by atoms with van der Waals surface area (Å²) in [6.45, 7) is 1.45. The van der Waals surface area contributed by atoms with Crippen molar-refractivity contribution >= 4 is 5.97 Å². The second-order valence-corrected chi connectivity index (χ2v) is 4.28. The largest absolute Gasteiger partial charge is 0.478 e. The summed E-state index contributed by atoms with van der Waals surface area (Å²) in [6.07, 6.45) is -4.56. The van der Waals surface area contributed by atoms with E-state index >= 15 is 0 Å². The van der Waals surface area contributed by atoms with Gasteiger partial charge in [0.25, 0.3) is 0 Å². The molecule has 4 nitrogen and oxygen atoms in total. The summed E-state index contributed by atoms with van der Waals surface area (Å²) in [5.74, 6) is -1.30. The van der Waals surface area contributed by atoms with Crippen molar-refractivity contribution in [3.8, 4) is 11.3 Å². The van der Waals surface area contributed by atoms with E-state index in [0.717, 1.165) is 10.7 Å². The molecular weight excluding hydrogens is 273 g/mol. The van der Waals surface area contributed by atoms with Gasteiger partial charge in [-0.3, -0.25) is 4.68 Å². The Morgan fingerprint density at radius 1 is 1.30 bits per heavy atom. The molecule has 0 aliphatic carbocycles. The molecule has 20 heavy (non-hydrogen) atoms. The summed E-state index contributed by atoms with van der Waals surface area (Å²) in [7, 11) is 1.42. The maximum absolute atomic E-state index is 13.0. The third-order valence-electron chi connectivity index (χ3n) is 2.92. The highest BCUT2D eigenvalue weighted by Crippen LogP contribution is 2.38. The van der Waals surface area contributed by atoms with Crippen LogP contribution in [0, 0.1) is 6.92 Å². The van der Waals surface area contributed by atoms with E-state index in [1.54, 1.807) is 0 Å². The van der Waals surface area contributed by atoms with Crippen LogP contribution < -0.4 is 0 Å². The van der Waals surface area contributed by atoms with Crippen molar-refractivity contribution in [2.45, 2.75) is 13.1 Å². The number of aromatic nitrogens is 2. The van der Waals surface area contributed by atoms with E-state index in [0.29, 0.717) is 0 Å². The number of carbonyl (C=O) groups is 1. The molecule has 106 valence electrons. The van der Waals surface area contributed by atoms with Crippen molar-refractivity contribution < 1.29 is 23.1 Å². The second kappa shape index (κ2) is 4.66. The summed E-state index contributed by atoms with van der Waals surface area (Å²) in [4.78, 5) is 11.3. The second-order valence-electron chi connectivity index (χ2n) is 4.28. The molecule has 0 bridgehead atoms.